The van der Waals surface area contributed by atoms with Crippen LogP contribution in [0, 0.1) is 0 Å². The SMILES string of the molecule is c1ccc(-c2nc(-c3ccc4c(c3)oc3ccc(-n5c6ccccc6c6ccccc65)cc34)nc(-c3cccc4oc5c(-c6ccc7c(c6)c6ccccc6n7-c6ccccc6)cccc5c34)n2)cc1. The van der Waals surface area contributed by atoms with Crippen molar-refractivity contribution in [2.75, 3.05) is 0 Å². The van der Waals surface area contributed by atoms with Crippen molar-refractivity contribution in [1.29, 1.82) is 0 Å². The minimum atomic E-state index is 0.547. The van der Waals surface area contributed by atoms with Crippen LogP contribution in [0.4, 0.5) is 0 Å². The fourth-order valence-electron chi connectivity index (χ4n) is 10.8. The first-order valence-electron chi connectivity index (χ1n) is 23.5. The zero-order valence-electron chi connectivity index (χ0n) is 37.4. The molecule has 0 spiro atoms. The molecule has 0 N–H and O–H groups in total. The standard InChI is InChI=1S/C63H37N5O2/c1-3-15-38(16-4-1)61-64-62(40-29-32-47-51-37-42(31-34-56(51)69-58(47)36-40)68-52-25-10-7-19-44(52)45-20-8-11-26-53(45)68)66-63(65-61)49-24-14-28-57-59(49)48-23-13-22-43(60(48)70-57)39-30-33-55-50(35-39)46-21-9-12-27-54(46)67(55)41-17-5-2-6-18-41/h1-37H. The lowest BCUT2D eigenvalue weighted by molar-refractivity contribution is 0.669. The van der Waals surface area contributed by atoms with Crippen molar-refractivity contribution in [3.63, 3.8) is 0 Å². The highest BCUT2D eigenvalue weighted by Crippen LogP contribution is 2.43. The molecule has 0 aliphatic rings. The van der Waals surface area contributed by atoms with Gasteiger partial charge in [0.15, 0.2) is 17.5 Å². The van der Waals surface area contributed by atoms with E-state index in [9.17, 15) is 0 Å². The number of fused-ring (bicyclic) bond motifs is 12. The Morgan fingerprint density at radius 2 is 0.871 bits per heavy atom. The van der Waals surface area contributed by atoms with Crippen molar-refractivity contribution in [2.45, 2.75) is 0 Å². The van der Waals surface area contributed by atoms with Crippen molar-refractivity contribution < 1.29 is 8.83 Å². The molecule has 0 saturated heterocycles. The van der Waals surface area contributed by atoms with E-state index in [2.05, 4.69) is 191 Å². The third-order valence-electron chi connectivity index (χ3n) is 14.0. The van der Waals surface area contributed by atoms with E-state index < -0.39 is 0 Å². The van der Waals surface area contributed by atoms with Crippen LogP contribution < -0.4 is 0 Å². The first kappa shape index (κ1) is 38.5. The third kappa shape index (κ3) is 5.79. The lowest BCUT2D eigenvalue weighted by Crippen LogP contribution is -2.00. The zero-order valence-corrected chi connectivity index (χ0v) is 37.4. The average Bonchev–Trinajstić information content (AvgIpc) is 4.18. The predicted octanol–water partition coefficient (Wildman–Crippen LogP) is 16.5. The number of hydrogen-bond acceptors (Lipinski definition) is 5. The van der Waals surface area contributed by atoms with Gasteiger partial charge in [-0.05, 0) is 84.4 Å². The monoisotopic (exact) mass is 895 g/mol. The van der Waals surface area contributed by atoms with Crippen LogP contribution in [0.5, 0.6) is 0 Å². The first-order valence-corrected chi connectivity index (χ1v) is 23.5. The second-order valence-electron chi connectivity index (χ2n) is 17.9. The van der Waals surface area contributed by atoms with Gasteiger partial charge in [0.2, 0.25) is 0 Å². The average molecular weight is 896 g/mol. The summed E-state index contributed by atoms with van der Waals surface area (Å²) >= 11 is 0. The molecular weight excluding hydrogens is 859 g/mol. The molecule has 0 radical (unpaired) electrons. The number of furan rings is 2. The van der Waals surface area contributed by atoms with Crippen LogP contribution in [0.3, 0.4) is 0 Å². The molecule has 0 fully saturated rings. The van der Waals surface area contributed by atoms with Gasteiger partial charge in [-0.3, -0.25) is 0 Å². The summed E-state index contributed by atoms with van der Waals surface area (Å²) in [5.74, 6) is 1.68. The Bertz CT molecular complexity index is 4540. The van der Waals surface area contributed by atoms with Crippen molar-refractivity contribution in [3.05, 3.63) is 224 Å². The summed E-state index contributed by atoms with van der Waals surface area (Å²) in [5.41, 5.74) is 14.7. The van der Waals surface area contributed by atoms with Gasteiger partial charge in [-0.15, -0.1) is 0 Å². The number of benzene rings is 10. The van der Waals surface area contributed by atoms with Crippen molar-refractivity contribution in [2.24, 2.45) is 0 Å². The molecule has 5 heterocycles. The van der Waals surface area contributed by atoms with E-state index in [0.29, 0.717) is 17.5 Å². The lowest BCUT2D eigenvalue weighted by Gasteiger charge is -2.09. The molecule has 326 valence electrons. The molecule has 15 rings (SSSR count). The van der Waals surface area contributed by atoms with Gasteiger partial charge >= 0.3 is 0 Å². The van der Waals surface area contributed by atoms with Crippen molar-refractivity contribution >= 4 is 87.5 Å². The van der Waals surface area contributed by atoms with Crippen LogP contribution in [0.25, 0.3) is 144 Å². The number of rotatable bonds is 6. The number of hydrogen-bond donors (Lipinski definition) is 0. The van der Waals surface area contributed by atoms with Crippen LogP contribution in [0.2, 0.25) is 0 Å². The molecular formula is C63H37N5O2. The minimum Gasteiger partial charge on any atom is -0.456 e. The Balaban J connectivity index is 0.868. The molecule has 5 aromatic heterocycles. The second-order valence-corrected chi connectivity index (χ2v) is 17.9. The first-order chi connectivity index (χ1) is 34.7. The van der Waals surface area contributed by atoms with E-state index in [1.807, 2.05) is 42.5 Å². The molecule has 10 aromatic carbocycles. The minimum absolute atomic E-state index is 0.547. The van der Waals surface area contributed by atoms with Gasteiger partial charge in [-0.1, -0.05) is 146 Å². The molecule has 15 aromatic rings. The topological polar surface area (TPSA) is 74.8 Å². The molecule has 0 aliphatic carbocycles. The van der Waals surface area contributed by atoms with Crippen LogP contribution in [0.15, 0.2) is 233 Å². The van der Waals surface area contributed by atoms with Crippen LogP contribution >= 0.6 is 0 Å². The van der Waals surface area contributed by atoms with E-state index in [0.717, 1.165) is 88.6 Å². The van der Waals surface area contributed by atoms with Crippen LogP contribution in [-0.4, -0.2) is 24.1 Å². The summed E-state index contributed by atoms with van der Waals surface area (Å²) < 4.78 is 18.2. The van der Waals surface area contributed by atoms with Gasteiger partial charge in [0.25, 0.3) is 0 Å². The third-order valence-corrected chi connectivity index (χ3v) is 14.0. The maximum Gasteiger partial charge on any atom is 0.164 e. The fourth-order valence-corrected chi connectivity index (χ4v) is 10.8. The largest absolute Gasteiger partial charge is 0.456 e. The zero-order chi connectivity index (χ0) is 45.9. The highest BCUT2D eigenvalue weighted by molar-refractivity contribution is 6.17. The number of aromatic nitrogens is 5. The normalized spacial score (nSPS) is 12.0. The molecule has 7 nitrogen and oxygen atoms in total. The molecule has 0 atom stereocenters. The summed E-state index contributed by atoms with van der Waals surface area (Å²) in [5, 5.41) is 8.83. The van der Waals surface area contributed by atoms with E-state index in [1.165, 1.54) is 38.1 Å². The van der Waals surface area contributed by atoms with Gasteiger partial charge in [-0.25, -0.2) is 15.0 Å². The molecule has 0 aliphatic heterocycles. The van der Waals surface area contributed by atoms with Gasteiger partial charge in [-0.2, -0.15) is 0 Å². The van der Waals surface area contributed by atoms with Gasteiger partial charge in [0.05, 0.1) is 22.1 Å². The summed E-state index contributed by atoms with van der Waals surface area (Å²) in [6.45, 7) is 0. The van der Waals surface area contributed by atoms with Gasteiger partial charge in [0, 0.05) is 76.7 Å². The predicted molar refractivity (Wildman–Crippen MR) is 285 cm³/mol. The Hall–Kier alpha value is -9.59. The van der Waals surface area contributed by atoms with Crippen molar-refractivity contribution in [1.82, 2.24) is 24.1 Å². The van der Waals surface area contributed by atoms with E-state index >= 15 is 0 Å². The molecule has 0 amide bonds. The highest BCUT2D eigenvalue weighted by atomic mass is 16.3. The van der Waals surface area contributed by atoms with E-state index in [-0.39, 0.29) is 0 Å². The summed E-state index contributed by atoms with van der Waals surface area (Å²) in [4.78, 5) is 15.6. The van der Waals surface area contributed by atoms with Crippen molar-refractivity contribution in [3.8, 4) is 56.7 Å². The van der Waals surface area contributed by atoms with Gasteiger partial charge in [0.1, 0.15) is 22.3 Å². The second kappa shape index (κ2) is 15.0. The van der Waals surface area contributed by atoms with Gasteiger partial charge < -0.3 is 18.0 Å². The van der Waals surface area contributed by atoms with E-state index in [4.69, 9.17) is 23.8 Å². The molecule has 0 saturated carbocycles. The maximum atomic E-state index is 6.86. The highest BCUT2D eigenvalue weighted by Gasteiger charge is 2.22. The summed E-state index contributed by atoms with van der Waals surface area (Å²) in [6, 6.07) is 78.4. The molecule has 0 bridgehead atoms. The van der Waals surface area contributed by atoms with E-state index in [1.54, 1.807) is 0 Å². The van der Waals surface area contributed by atoms with Crippen LogP contribution in [0.1, 0.15) is 0 Å². The summed E-state index contributed by atoms with van der Waals surface area (Å²) in [6.07, 6.45) is 0. The fraction of sp³-hybridized carbons (Fsp3) is 0. The quantitative estimate of drug-likeness (QED) is 0.166. The molecule has 70 heavy (non-hydrogen) atoms. The Morgan fingerprint density at radius 1 is 0.286 bits per heavy atom. The summed E-state index contributed by atoms with van der Waals surface area (Å²) in [7, 11) is 0. The maximum absolute atomic E-state index is 6.86. The molecule has 7 heteroatoms. The molecule has 0 unspecified atom stereocenters. The lowest BCUT2D eigenvalue weighted by atomic mass is 9.99. The smallest absolute Gasteiger partial charge is 0.164 e. The Kier molecular flexibility index (Phi) is 8.23. The Morgan fingerprint density at radius 3 is 1.63 bits per heavy atom. The Labute approximate surface area is 399 Å². The number of para-hydroxylation sites is 5. The van der Waals surface area contributed by atoms with Crippen LogP contribution in [-0.2, 0) is 0 Å². The number of nitrogens with zero attached hydrogens (tertiary/aromatic N) is 5.